The van der Waals surface area contributed by atoms with Gasteiger partial charge in [-0.3, -0.25) is 9.59 Å². The molecule has 3 aliphatic rings. The van der Waals surface area contributed by atoms with E-state index in [-0.39, 0.29) is 16.1 Å². The molecule has 2 unspecified atom stereocenters. The molecule has 2 amide bonds. The molecule has 0 aromatic heterocycles. The highest BCUT2D eigenvalue weighted by Crippen LogP contribution is 2.32. The van der Waals surface area contributed by atoms with Gasteiger partial charge in [0, 0.05) is 19.0 Å². The molecule has 2 saturated carbocycles. The molecule has 6 nitrogen and oxygen atoms in total. The second kappa shape index (κ2) is 10.2. The number of carbonyl (C=O) groups excluding carboxylic acids is 2. The van der Waals surface area contributed by atoms with Crippen LogP contribution in [0.4, 0.5) is 0 Å². The van der Waals surface area contributed by atoms with Crippen molar-refractivity contribution in [3.8, 4) is 0 Å². The van der Waals surface area contributed by atoms with Gasteiger partial charge in [0.05, 0.1) is 5.75 Å². The van der Waals surface area contributed by atoms with Crippen LogP contribution in [-0.4, -0.2) is 44.8 Å². The molecule has 0 bridgehead atoms. The van der Waals surface area contributed by atoms with Crippen LogP contribution < -0.4 is 16.2 Å². The van der Waals surface area contributed by atoms with Crippen molar-refractivity contribution >= 4 is 35.3 Å². The summed E-state index contributed by atoms with van der Waals surface area (Å²) in [6, 6.07) is 0.906. The standard InChI is InChI=1S/C18H32N4O2S2/c1-13(23)19-17-20-21-18(26-17)25-12-16(24)22(14-8-4-2-5-9-14)15-10-6-3-7-11-15/h14-15,17-18,20-21H,2-12H2,1H3,(H,19,23). The lowest BCUT2D eigenvalue weighted by Gasteiger charge is -2.42. The van der Waals surface area contributed by atoms with Crippen molar-refractivity contribution in [1.29, 1.82) is 0 Å². The first-order chi connectivity index (χ1) is 12.6. The van der Waals surface area contributed by atoms with Crippen LogP contribution in [0.2, 0.25) is 0 Å². The van der Waals surface area contributed by atoms with E-state index in [0.29, 0.717) is 23.7 Å². The zero-order valence-corrected chi connectivity index (χ0v) is 17.3. The van der Waals surface area contributed by atoms with Crippen molar-refractivity contribution in [2.75, 3.05) is 5.75 Å². The van der Waals surface area contributed by atoms with Crippen molar-refractivity contribution < 1.29 is 9.59 Å². The maximum absolute atomic E-state index is 13.1. The molecule has 8 heteroatoms. The van der Waals surface area contributed by atoms with Crippen LogP contribution in [0.5, 0.6) is 0 Å². The van der Waals surface area contributed by atoms with Crippen LogP contribution in [-0.2, 0) is 9.59 Å². The SMILES string of the molecule is CC(=O)NC1NNC(SCC(=O)N(C2CCCCC2)C2CCCCC2)S1. The van der Waals surface area contributed by atoms with E-state index in [1.54, 1.807) is 23.5 Å². The summed E-state index contributed by atoms with van der Waals surface area (Å²) in [6.07, 6.45) is 12.4. The highest BCUT2D eigenvalue weighted by Gasteiger charge is 2.33. The Morgan fingerprint density at radius 1 is 1.00 bits per heavy atom. The van der Waals surface area contributed by atoms with Gasteiger partial charge in [-0.05, 0) is 25.7 Å². The molecular weight excluding hydrogens is 368 g/mol. The molecule has 2 atom stereocenters. The Labute approximate surface area is 165 Å². The maximum Gasteiger partial charge on any atom is 0.233 e. The molecule has 2 aliphatic carbocycles. The Bertz CT molecular complexity index is 464. The molecule has 3 rings (SSSR count). The zero-order chi connectivity index (χ0) is 18.4. The number of hydrazine groups is 1. The van der Waals surface area contributed by atoms with Gasteiger partial charge in [-0.2, -0.15) is 0 Å². The quantitative estimate of drug-likeness (QED) is 0.637. The first-order valence-electron chi connectivity index (χ1n) is 10.00. The second-order valence-electron chi connectivity index (χ2n) is 7.53. The lowest BCUT2D eigenvalue weighted by molar-refractivity contribution is -0.135. The minimum Gasteiger partial charge on any atom is -0.336 e. The molecule has 0 aromatic carbocycles. The van der Waals surface area contributed by atoms with E-state index in [1.807, 2.05) is 0 Å². The number of carbonyl (C=O) groups is 2. The fraction of sp³-hybridized carbons (Fsp3) is 0.889. The topological polar surface area (TPSA) is 73.5 Å². The second-order valence-corrected chi connectivity index (χ2v) is 10.1. The van der Waals surface area contributed by atoms with Crippen molar-refractivity contribution in [3.63, 3.8) is 0 Å². The van der Waals surface area contributed by atoms with E-state index >= 15 is 0 Å². The number of rotatable bonds is 6. The van der Waals surface area contributed by atoms with Gasteiger partial charge in [0.1, 0.15) is 10.2 Å². The van der Waals surface area contributed by atoms with E-state index < -0.39 is 0 Å². The Morgan fingerprint density at radius 3 is 2.12 bits per heavy atom. The third-order valence-corrected chi connectivity index (χ3v) is 7.96. The molecule has 1 heterocycles. The van der Waals surface area contributed by atoms with Gasteiger partial charge in [0.25, 0.3) is 0 Å². The van der Waals surface area contributed by atoms with E-state index in [4.69, 9.17) is 0 Å². The molecule has 26 heavy (non-hydrogen) atoms. The van der Waals surface area contributed by atoms with E-state index in [1.165, 1.54) is 71.1 Å². The summed E-state index contributed by atoms with van der Waals surface area (Å²) in [7, 11) is 0. The largest absolute Gasteiger partial charge is 0.336 e. The van der Waals surface area contributed by atoms with Crippen molar-refractivity contribution in [2.45, 2.75) is 93.4 Å². The first kappa shape index (κ1) is 20.3. The number of nitrogens with one attached hydrogen (secondary N) is 3. The first-order valence-corrected chi connectivity index (χ1v) is 12.0. The Morgan fingerprint density at radius 2 is 1.58 bits per heavy atom. The summed E-state index contributed by atoms with van der Waals surface area (Å²) >= 11 is 3.23. The number of hydrogen-bond acceptors (Lipinski definition) is 6. The molecule has 3 N–H and O–H groups in total. The summed E-state index contributed by atoms with van der Waals surface area (Å²) in [6.45, 7) is 1.51. The van der Waals surface area contributed by atoms with Crippen molar-refractivity contribution in [1.82, 2.24) is 21.1 Å². The predicted molar refractivity (Wildman–Crippen MR) is 108 cm³/mol. The van der Waals surface area contributed by atoms with Crippen LogP contribution in [0.25, 0.3) is 0 Å². The zero-order valence-electron chi connectivity index (χ0n) is 15.7. The van der Waals surface area contributed by atoms with Gasteiger partial charge in [-0.25, -0.2) is 10.9 Å². The normalized spacial score (nSPS) is 28.0. The van der Waals surface area contributed by atoms with E-state index in [0.717, 1.165) is 0 Å². The highest BCUT2D eigenvalue weighted by atomic mass is 32.2. The molecule has 0 aromatic rings. The summed E-state index contributed by atoms with van der Waals surface area (Å²) in [4.78, 5) is 26.6. The molecule has 1 saturated heterocycles. The lowest BCUT2D eigenvalue weighted by Crippen LogP contribution is -2.49. The molecule has 1 aliphatic heterocycles. The minimum atomic E-state index is -0.132. The maximum atomic E-state index is 13.1. The summed E-state index contributed by atoms with van der Waals surface area (Å²) in [5.41, 5.74) is 6.08. The number of amides is 2. The van der Waals surface area contributed by atoms with Gasteiger partial charge in [0.2, 0.25) is 11.8 Å². The monoisotopic (exact) mass is 400 g/mol. The summed E-state index contributed by atoms with van der Waals surface area (Å²) in [5.74, 6) is 0.755. The van der Waals surface area contributed by atoms with Crippen LogP contribution in [0.1, 0.15) is 71.1 Å². The van der Waals surface area contributed by atoms with Gasteiger partial charge < -0.3 is 10.2 Å². The third kappa shape index (κ3) is 5.78. The minimum absolute atomic E-state index is 0.0562. The van der Waals surface area contributed by atoms with Crippen LogP contribution in [0, 0.1) is 0 Å². The van der Waals surface area contributed by atoms with Crippen molar-refractivity contribution in [2.24, 2.45) is 0 Å². The van der Waals surface area contributed by atoms with Gasteiger partial charge in [-0.15, -0.1) is 11.8 Å². The van der Waals surface area contributed by atoms with Crippen molar-refractivity contribution in [3.05, 3.63) is 0 Å². The average molecular weight is 401 g/mol. The molecule has 0 radical (unpaired) electrons. The van der Waals surface area contributed by atoms with Crippen LogP contribution in [0.15, 0.2) is 0 Å². The van der Waals surface area contributed by atoms with E-state index in [2.05, 4.69) is 21.1 Å². The van der Waals surface area contributed by atoms with Crippen LogP contribution >= 0.6 is 23.5 Å². The average Bonchev–Trinajstić information content (AvgIpc) is 3.09. The molecular formula is C18H32N4O2S2. The number of thioether (sulfide) groups is 2. The predicted octanol–water partition coefficient (Wildman–Crippen LogP) is 2.76. The van der Waals surface area contributed by atoms with Gasteiger partial charge in [-0.1, -0.05) is 50.3 Å². The highest BCUT2D eigenvalue weighted by molar-refractivity contribution is 8.17. The van der Waals surface area contributed by atoms with Gasteiger partial charge >= 0.3 is 0 Å². The number of nitrogens with zero attached hydrogens (tertiary/aromatic N) is 1. The van der Waals surface area contributed by atoms with Gasteiger partial charge in [0.15, 0.2) is 0 Å². The lowest BCUT2D eigenvalue weighted by atomic mass is 9.88. The molecule has 3 fully saturated rings. The fourth-order valence-electron chi connectivity index (χ4n) is 4.32. The van der Waals surface area contributed by atoms with E-state index in [9.17, 15) is 9.59 Å². The Balaban J connectivity index is 1.52. The summed E-state index contributed by atoms with van der Waals surface area (Å²) < 4.78 is 0.0790. The smallest absolute Gasteiger partial charge is 0.233 e. The Hall–Kier alpha value is -0.440. The Kier molecular flexibility index (Phi) is 7.96. The molecule has 0 spiro atoms. The fourth-order valence-corrected chi connectivity index (χ4v) is 6.52. The molecule has 148 valence electrons. The van der Waals surface area contributed by atoms with Crippen LogP contribution in [0.3, 0.4) is 0 Å². The summed E-state index contributed by atoms with van der Waals surface area (Å²) in [5, 5.41) is 2.83. The third-order valence-electron chi connectivity index (χ3n) is 5.51. The number of hydrogen-bond donors (Lipinski definition) is 3.